The molecule has 0 N–H and O–H groups in total. The monoisotopic (exact) mass is 304 g/mol. The van der Waals surface area contributed by atoms with E-state index in [0.717, 1.165) is 19.6 Å². The summed E-state index contributed by atoms with van der Waals surface area (Å²) in [4.78, 5) is 4.49. The van der Waals surface area contributed by atoms with Crippen LogP contribution in [0.5, 0.6) is 0 Å². The van der Waals surface area contributed by atoms with Gasteiger partial charge in [0.05, 0.1) is 0 Å². The molecule has 4 heteroatoms. The van der Waals surface area contributed by atoms with Crippen molar-refractivity contribution in [2.45, 2.75) is 13.1 Å². The van der Waals surface area contributed by atoms with Crippen LogP contribution in [0.2, 0.25) is 5.02 Å². The molecule has 0 aromatic heterocycles. The molecule has 0 saturated carbocycles. The van der Waals surface area contributed by atoms with Gasteiger partial charge in [-0.3, -0.25) is 4.90 Å². The van der Waals surface area contributed by atoms with Crippen molar-refractivity contribution in [2.24, 2.45) is 0 Å². The van der Waals surface area contributed by atoms with E-state index in [1.54, 1.807) is 12.1 Å². The molecule has 2 aromatic rings. The summed E-state index contributed by atoms with van der Waals surface area (Å²) in [6, 6.07) is 13.2. The third kappa shape index (κ3) is 3.04. The summed E-state index contributed by atoms with van der Waals surface area (Å²) < 4.78 is 14.0. The standard InChI is InChI=1S/C17H18ClFN2/c1-20-9-10-21(11-13-5-2-3-8-17(13)20)12-14-15(18)6-4-7-16(14)19/h2-8H,9-12H2,1H3. The summed E-state index contributed by atoms with van der Waals surface area (Å²) >= 11 is 6.14. The Balaban J connectivity index is 1.85. The molecule has 0 aliphatic carbocycles. The van der Waals surface area contributed by atoms with Crippen LogP contribution < -0.4 is 4.90 Å². The van der Waals surface area contributed by atoms with Gasteiger partial charge in [-0.25, -0.2) is 4.39 Å². The maximum Gasteiger partial charge on any atom is 0.129 e. The van der Waals surface area contributed by atoms with Crippen molar-refractivity contribution in [3.8, 4) is 0 Å². The number of rotatable bonds is 2. The largest absolute Gasteiger partial charge is 0.373 e. The Bertz CT molecular complexity index is 624. The highest BCUT2D eigenvalue weighted by Gasteiger charge is 2.19. The van der Waals surface area contributed by atoms with Gasteiger partial charge in [0.15, 0.2) is 0 Å². The Labute approximate surface area is 129 Å². The molecule has 0 fully saturated rings. The number of likely N-dealkylation sites (N-methyl/N-ethyl adjacent to an activating group) is 1. The van der Waals surface area contributed by atoms with Crippen molar-refractivity contribution in [1.29, 1.82) is 0 Å². The summed E-state index contributed by atoms with van der Waals surface area (Å²) in [5.74, 6) is -0.228. The second kappa shape index (κ2) is 6.04. The van der Waals surface area contributed by atoms with E-state index in [1.165, 1.54) is 17.3 Å². The minimum absolute atomic E-state index is 0.228. The van der Waals surface area contributed by atoms with E-state index in [1.807, 2.05) is 6.07 Å². The Hall–Kier alpha value is -1.58. The summed E-state index contributed by atoms with van der Waals surface area (Å²) in [7, 11) is 2.10. The van der Waals surface area contributed by atoms with E-state index in [9.17, 15) is 4.39 Å². The number of benzene rings is 2. The molecule has 0 radical (unpaired) electrons. The van der Waals surface area contributed by atoms with E-state index in [-0.39, 0.29) is 5.82 Å². The molecular weight excluding hydrogens is 287 g/mol. The highest BCUT2D eigenvalue weighted by Crippen LogP contribution is 2.26. The van der Waals surface area contributed by atoms with Crippen molar-refractivity contribution in [2.75, 3.05) is 25.0 Å². The third-order valence-corrected chi connectivity index (χ3v) is 4.35. The summed E-state index contributed by atoms with van der Waals surface area (Å²) in [6.45, 7) is 3.15. The Kier molecular flexibility index (Phi) is 4.13. The lowest BCUT2D eigenvalue weighted by Crippen LogP contribution is -2.29. The third-order valence-electron chi connectivity index (χ3n) is 3.99. The molecule has 2 aromatic carbocycles. The molecule has 0 bridgehead atoms. The SMILES string of the molecule is CN1CCN(Cc2c(F)cccc2Cl)Cc2ccccc21. The number of hydrogen-bond donors (Lipinski definition) is 0. The Morgan fingerprint density at radius 2 is 1.90 bits per heavy atom. The number of nitrogens with zero attached hydrogens (tertiary/aromatic N) is 2. The van der Waals surface area contributed by atoms with E-state index in [2.05, 4.69) is 35.0 Å². The average molecular weight is 305 g/mol. The van der Waals surface area contributed by atoms with Crippen molar-refractivity contribution >= 4 is 17.3 Å². The van der Waals surface area contributed by atoms with Gasteiger partial charge in [0.2, 0.25) is 0 Å². The van der Waals surface area contributed by atoms with E-state index in [4.69, 9.17) is 11.6 Å². The molecule has 1 heterocycles. The number of anilines is 1. The van der Waals surface area contributed by atoms with Gasteiger partial charge in [-0.15, -0.1) is 0 Å². The maximum atomic E-state index is 14.0. The first kappa shape index (κ1) is 14.4. The smallest absolute Gasteiger partial charge is 0.129 e. The van der Waals surface area contributed by atoms with Crippen LogP contribution in [0.3, 0.4) is 0 Å². The van der Waals surface area contributed by atoms with Gasteiger partial charge >= 0.3 is 0 Å². The quantitative estimate of drug-likeness (QED) is 0.829. The van der Waals surface area contributed by atoms with Crippen LogP contribution in [0.1, 0.15) is 11.1 Å². The topological polar surface area (TPSA) is 6.48 Å². The number of hydrogen-bond acceptors (Lipinski definition) is 2. The molecular formula is C17H18ClFN2. The van der Waals surface area contributed by atoms with Crippen LogP contribution in [0.15, 0.2) is 42.5 Å². The predicted octanol–water partition coefficient (Wildman–Crippen LogP) is 3.93. The first-order valence-electron chi connectivity index (χ1n) is 7.09. The fraction of sp³-hybridized carbons (Fsp3) is 0.294. The first-order valence-corrected chi connectivity index (χ1v) is 7.47. The fourth-order valence-corrected chi connectivity index (χ4v) is 3.01. The zero-order valence-electron chi connectivity index (χ0n) is 12.0. The van der Waals surface area contributed by atoms with Gasteiger partial charge in [0, 0.05) is 49.5 Å². The van der Waals surface area contributed by atoms with Crippen molar-refractivity contribution < 1.29 is 4.39 Å². The van der Waals surface area contributed by atoms with Crippen LogP contribution in [0.4, 0.5) is 10.1 Å². The molecule has 0 amide bonds. The molecule has 0 atom stereocenters. The second-order valence-electron chi connectivity index (χ2n) is 5.46. The van der Waals surface area contributed by atoms with E-state index in [0.29, 0.717) is 17.1 Å². The summed E-state index contributed by atoms with van der Waals surface area (Å²) in [6.07, 6.45) is 0. The molecule has 2 nitrogen and oxygen atoms in total. The van der Waals surface area contributed by atoms with Gasteiger partial charge in [-0.2, -0.15) is 0 Å². The van der Waals surface area contributed by atoms with Gasteiger partial charge in [-0.1, -0.05) is 35.9 Å². The zero-order chi connectivity index (χ0) is 14.8. The fourth-order valence-electron chi connectivity index (χ4n) is 2.79. The number of halogens is 2. The van der Waals surface area contributed by atoms with E-state index < -0.39 is 0 Å². The summed E-state index contributed by atoms with van der Waals surface area (Å²) in [5, 5.41) is 0.501. The van der Waals surface area contributed by atoms with Crippen molar-refractivity contribution in [3.05, 3.63) is 64.4 Å². The van der Waals surface area contributed by atoms with Crippen LogP contribution in [-0.4, -0.2) is 25.0 Å². The Morgan fingerprint density at radius 1 is 1.10 bits per heavy atom. The predicted molar refractivity (Wildman–Crippen MR) is 85.2 cm³/mol. The van der Waals surface area contributed by atoms with Crippen LogP contribution in [0, 0.1) is 5.82 Å². The second-order valence-corrected chi connectivity index (χ2v) is 5.87. The molecule has 110 valence electrons. The lowest BCUT2D eigenvalue weighted by molar-refractivity contribution is 0.265. The first-order chi connectivity index (χ1) is 10.1. The highest BCUT2D eigenvalue weighted by molar-refractivity contribution is 6.31. The molecule has 21 heavy (non-hydrogen) atoms. The molecule has 0 spiro atoms. The Morgan fingerprint density at radius 3 is 2.71 bits per heavy atom. The normalized spacial score (nSPS) is 15.7. The summed E-state index contributed by atoms with van der Waals surface area (Å²) in [5.41, 5.74) is 3.10. The number of fused-ring (bicyclic) bond motifs is 1. The van der Waals surface area contributed by atoms with Crippen LogP contribution >= 0.6 is 11.6 Å². The lowest BCUT2D eigenvalue weighted by Gasteiger charge is -2.21. The lowest BCUT2D eigenvalue weighted by atomic mass is 10.1. The average Bonchev–Trinajstić information content (AvgIpc) is 2.63. The maximum absolute atomic E-state index is 14.0. The van der Waals surface area contributed by atoms with Gasteiger partial charge in [0.25, 0.3) is 0 Å². The van der Waals surface area contributed by atoms with Gasteiger partial charge in [0.1, 0.15) is 5.82 Å². The molecule has 0 unspecified atom stereocenters. The van der Waals surface area contributed by atoms with Crippen LogP contribution in [-0.2, 0) is 13.1 Å². The van der Waals surface area contributed by atoms with Gasteiger partial charge in [-0.05, 0) is 23.8 Å². The van der Waals surface area contributed by atoms with Crippen molar-refractivity contribution in [3.63, 3.8) is 0 Å². The molecule has 3 rings (SSSR count). The minimum atomic E-state index is -0.228. The molecule has 1 aliphatic heterocycles. The van der Waals surface area contributed by atoms with Crippen LogP contribution in [0.25, 0.3) is 0 Å². The number of para-hydroxylation sites is 1. The zero-order valence-corrected chi connectivity index (χ0v) is 12.8. The minimum Gasteiger partial charge on any atom is -0.373 e. The van der Waals surface area contributed by atoms with E-state index >= 15 is 0 Å². The van der Waals surface area contributed by atoms with Gasteiger partial charge < -0.3 is 4.90 Å². The van der Waals surface area contributed by atoms with Crippen molar-refractivity contribution in [1.82, 2.24) is 4.90 Å². The molecule has 1 aliphatic rings. The highest BCUT2D eigenvalue weighted by atomic mass is 35.5. The molecule has 0 saturated heterocycles.